The maximum absolute atomic E-state index is 13.0. The first-order chi connectivity index (χ1) is 14.1. The summed E-state index contributed by atoms with van der Waals surface area (Å²) in [6.07, 6.45) is -3.59. The minimum absolute atomic E-state index is 0.0194. The SMILES string of the molecule is Cc1c(CC(=O)N[C@H](C)c2ccc(C#N)cn2)c(=O)[nH]c2ccc(C(F)(F)F)nc12. The van der Waals surface area contributed by atoms with Gasteiger partial charge in [0.15, 0.2) is 0 Å². The van der Waals surface area contributed by atoms with Crippen LogP contribution in [0.2, 0.25) is 0 Å². The van der Waals surface area contributed by atoms with Crippen molar-refractivity contribution in [2.45, 2.75) is 32.5 Å². The Kier molecular flexibility index (Phi) is 5.56. The highest BCUT2D eigenvalue weighted by Gasteiger charge is 2.32. The van der Waals surface area contributed by atoms with E-state index in [1.807, 2.05) is 6.07 Å². The van der Waals surface area contributed by atoms with Gasteiger partial charge in [0.25, 0.3) is 5.56 Å². The number of hydrogen-bond donors (Lipinski definition) is 2. The lowest BCUT2D eigenvalue weighted by Crippen LogP contribution is -2.31. The van der Waals surface area contributed by atoms with Crippen molar-refractivity contribution < 1.29 is 18.0 Å². The minimum atomic E-state index is -4.63. The van der Waals surface area contributed by atoms with E-state index in [-0.39, 0.29) is 28.6 Å². The molecule has 154 valence electrons. The lowest BCUT2D eigenvalue weighted by molar-refractivity contribution is -0.141. The van der Waals surface area contributed by atoms with Crippen molar-refractivity contribution >= 4 is 16.9 Å². The summed E-state index contributed by atoms with van der Waals surface area (Å²) in [5, 5.41) is 11.5. The fourth-order valence-electron chi connectivity index (χ4n) is 2.98. The number of rotatable bonds is 4. The first kappa shape index (κ1) is 21.0. The molecule has 0 unspecified atom stereocenters. The van der Waals surface area contributed by atoms with Crippen molar-refractivity contribution in [1.82, 2.24) is 20.3 Å². The van der Waals surface area contributed by atoms with Crippen molar-refractivity contribution in [3.8, 4) is 6.07 Å². The average molecular weight is 415 g/mol. The first-order valence-electron chi connectivity index (χ1n) is 8.85. The Labute approximate surface area is 168 Å². The number of halogens is 3. The van der Waals surface area contributed by atoms with E-state index < -0.39 is 29.4 Å². The van der Waals surface area contributed by atoms with Gasteiger partial charge in [-0.3, -0.25) is 14.6 Å². The number of nitriles is 1. The molecule has 2 N–H and O–H groups in total. The maximum Gasteiger partial charge on any atom is 0.433 e. The number of hydrogen-bond acceptors (Lipinski definition) is 5. The molecule has 30 heavy (non-hydrogen) atoms. The van der Waals surface area contributed by atoms with Gasteiger partial charge in [-0.1, -0.05) is 0 Å². The van der Waals surface area contributed by atoms with Crippen LogP contribution >= 0.6 is 0 Å². The second kappa shape index (κ2) is 7.94. The van der Waals surface area contributed by atoms with Crippen LogP contribution in [0.15, 0.2) is 35.3 Å². The van der Waals surface area contributed by atoms with Gasteiger partial charge in [0.2, 0.25) is 5.91 Å². The molecule has 3 aromatic heterocycles. The molecule has 3 aromatic rings. The highest BCUT2D eigenvalue weighted by atomic mass is 19.4. The molecule has 3 rings (SSSR count). The van der Waals surface area contributed by atoms with Crippen LogP contribution in [0.5, 0.6) is 0 Å². The van der Waals surface area contributed by atoms with Crippen LogP contribution in [-0.4, -0.2) is 20.9 Å². The lowest BCUT2D eigenvalue weighted by atomic mass is 10.0. The van der Waals surface area contributed by atoms with Crippen molar-refractivity contribution in [2.24, 2.45) is 0 Å². The third-order valence-electron chi connectivity index (χ3n) is 4.59. The fourth-order valence-corrected chi connectivity index (χ4v) is 2.98. The second-order valence-electron chi connectivity index (χ2n) is 6.70. The average Bonchev–Trinajstić information content (AvgIpc) is 2.70. The van der Waals surface area contributed by atoms with Gasteiger partial charge < -0.3 is 10.3 Å². The van der Waals surface area contributed by atoms with E-state index in [1.54, 1.807) is 19.1 Å². The molecular formula is C20H16F3N5O2. The van der Waals surface area contributed by atoms with Crippen LogP contribution in [0.25, 0.3) is 11.0 Å². The smallest absolute Gasteiger partial charge is 0.348 e. The molecule has 3 heterocycles. The summed E-state index contributed by atoms with van der Waals surface area (Å²) in [6, 6.07) is 6.53. The Balaban J connectivity index is 1.86. The number of H-pyrrole nitrogens is 1. The number of pyridine rings is 3. The maximum atomic E-state index is 13.0. The number of alkyl halides is 3. The molecule has 0 saturated carbocycles. The molecule has 1 atom stereocenters. The summed E-state index contributed by atoms with van der Waals surface area (Å²) >= 11 is 0. The Morgan fingerprint density at radius 2 is 2.03 bits per heavy atom. The summed E-state index contributed by atoms with van der Waals surface area (Å²) < 4.78 is 38.9. The molecule has 0 aliphatic carbocycles. The van der Waals surface area contributed by atoms with Gasteiger partial charge in [0, 0.05) is 11.8 Å². The van der Waals surface area contributed by atoms with Gasteiger partial charge >= 0.3 is 6.18 Å². The zero-order valence-electron chi connectivity index (χ0n) is 16.0. The van der Waals surface area contributed by atoms with Gasteiger partial charge in [-0.05, 0) is 43.7 Å². The molecule has 0 aliphatic rings. The highest BCUT2D eigenvalue weighted by molar-refractivity contribution is 5.83. The summed E-state index contributed by atoms with van der Waals surface area (Å²) in [6.45, 7) is 3.14. The van der Waals surface area contributed by atoms with Crippen LogP contribution in [0.1, 0.15) is 41.0 Å². The summed E-state index contributed by atoms with van der Waals surface area (Å²) in [4.78, 5) is 35.0. The molecule has 0 radical (unpaired) electrons. The molecule has 0 bridgehead atoms. The molecule has 0 fully saturated rings. The van der Waals surface area contributed by atoms with E-state index in [2.05, 4.69) is 20.3 Å². The fraction of sp³-hybridized carbons (Fsp3) is 0.250. The number of amides is 1. The number of nitrogens with zero attached hydrogens (tertiary/aromatic N) is 3. The third kappa shape index (κ3) is 4.30. The third-order valence-corrected chi connectivity index (χ3v) is 4.59. The van der Waals surface area contributed by atoms with E-state index in [0.717, 1.165) is 12.1 Å². The van der Waals surface area contributed by atoms with E-state index in [0.29, 0.717) is 11.3 Å². The van der Waals surface area contributed by atoms with E-state index in [9.17, 15) is 22.8 Å². The molecule has 0 aliphatic heterocycles. The number of aromatic amines is 1. The molecule has 1 amide bonds. The van der Waals surface area contributed by atoms with Gasteiger partial charge in [-0.25, -0.2) is 4.98 Å². The van der Waals surface area contributed by atoms with Gasteiger partial charge in [-0.2, -0.15) is 18.4 Å². The molecular weight excluding hydrogens is 399 g/mol. The second-order valence-corrected chi connectivity index (χ2v) is 6.70. The topological polar surface area (TPSA) is 112 Å². The van der Waals surface area contributed by atoms with E-state index in [4.69, 9.17) is 5.26 Å². The first-order valence-corrected chi connectivity index (χ1v) is 8.85. The number of aryl methyl sites for hydroxylation is 1. The Hall–Kier alpha value is -3.74. The summed E-state index contributed by atoms with van der Waals surface area (Å²) in [5.74, 6) is -0.506. The number of aromatic nitrogens is 3. The Morgan fingerprint density at radius 1 is 1.30 bits per heavy atom. The highest BCUT2D eigenvalue weighted by Crippen LogP contribution is 2.29. The summed E-state index contributed by atoms with van der Waals surface area (Å²) in [5.41, 5.74) is -0.379. The van der Waals surface area contributed by atoms with Gasteiger partial charge in [0.1, 0.15) is 11.8 Å². The van der Waals surface area contributed by atoms with Crippen molar-refractivity contribution in [1.29, 1.82) is 5.26 Å². The quantitative estimate of drug-likeness (QED) is 0.681. The van der Waals surface area contributed by atoms with Crippen LogP contribution in [0.4, 0.5) is 13.2 Å². The molecule has 0 aromatic carbocycles. The molecule has 0 spiro atoms. The van der Waals surface area contributed by atoms with Crippen molar-refractivity contribution in [3.63, 3.8) is 0 Å². The van der Waals surface area contributed by atoms with Crippen LogP contribution < -0.4 is 10.9 Å². The normalized spacial score (nSPS) is 12.4. The molecule has 7 nitrogen and oxygen atoms in total. The number of carbonyl (C=O) groups is 1. The van der Waals surface area contributed by atoms with Crippen molar-refractivity contribution in [2.75, 3.05) is 0 Å². The lowest BCUT2D eigenvalue weighted by Gasteiger charge is -2.14. The van der Waals surface area contributed by atoms with Crippen LogP contribution in [-0.2, 0) is 17.4 Å². The number of nitrogens with one attached hydrogen (secondary N) is 2. The van der Waals surface area contributed by atoms with Gasteiger partial charge in [-0.15, -0.1) is 0 Å². The van der Waals surface area contributed by atoms with E-state index in [1.165, 1.54) is 13.1 Å². The molecule has 0 saturated heterocycles. The standard InChI is InChI=1S/C20H16F3N5O2/c1-10-13(7-17(29)26-11(2)14-4-3-12(8-24)9-25-14)19(30)27-15-5-6-16(20(21,22)23)28-18(10)15/h3-6,9,11H,7H2,1-2H3,(H,26,29)(H,27,30)/t11-/m1/s1. The zero-order valence-corrected chi connectivity index (χ0v) is 16.0. The Morgan fingerprint density at radius 3 is 2.63 bits per heavy atom. The largest absolute Gasteiger partial charge is 0.433 e. The number of carbonyl (C=O) groups excluding carboxylic acids is 1. The molecule has 10 heteroatoms. The zero-order chi connectivity index (χ0) is 22.1. The van der Waals surface area contributed by atoms with Crippen molar-refractivity contribution in [3.05, 3.63) is 68.9 Å². The van der Waals surface area contributed by atoms with Gasteiger partial charge in [0.05, 0.1) is 34.8 Å². The predicted octanol–water partition coefficient (Wildman–Crippen LogP) is 2.94. The number of fused-ring (bicyclic) bond motifs is 1. The van der Waals surface area contributed by atoms with Crippen LogP contribution in [0.3, 0.4) is 0 Å². The minimum Gasteiger partial charge on any atom is -0.348 e. The Bertz CT molecular complexity index is 1210. The van der Waals surface area contributed by atoms with Crippen LogP contribution in [0, 0.1) is 18.3 Å². The summed E-state index contributed by atoms with van der Waals surface area (Å²) in [7, 11) is 0. The van der Waals surface area contributed by atoms with E-state index >= 15 is 0 Å². The predicted molar refractivity (Wildman–Crippen MR) is 101 cm³/mol. The monoisotopic (exact) mass is 415 g/mol.